The maximum Gasteiger partial charge on any atom is 0.264 e. The maximum absolute atomic E-state index is 13.1. The molecule has 2 aliphatic heterocycles. The van der Waals surface area contributed by atoms with Crippen molar-refractivity contribution in [2.24, 2.45) is 0 Å². The number of benzene rings is 2. The summed E-state index contributed by atoms with van der Waals surface area (Å²) in [5.41, 5.74) is 1.61. The Labute approximate surface area is 242 Å². The molecule has 1 unspecified atom stereocenters. The van der Waals surface area contributed by atoms with E-state index in [0.717, 1.165) is 4.90 Å². The largest absolute Gasteiger partial charge is 0.491 e. The summed E-state index contributed by atoms with van der Waals surface area (Å²) in [5.74, 6) is -1.62. The first-order valence-electron chi connectivity index (χ1n) is 13.7. The fourth-order valence-electron chi connectivity index (χ4n) is 4.52. The highest BCUT2D eigenvalue weighted by atomic mass is 16.6. The molecule has 2 aromatic rings. The third-order valence-electron chi connectivity index (χ3n) is 6.45. The lowest BCUT2D eigenvalue weighted by molar-refractivity contribution is -0.136. The Kier molecular flexibility index (Phi) is 11.0. The number of carbonyl (C=O) groups excluding carboxylic acids is 5. The van der Waals surface area contributed by atoms with Crippen LogP contribution in [0.2, 0.25) is 0 Å². The van der Waals surface area contributed by atoms with Gasteiger partial charge in [-0.05, 0) is 42.8 Å². The van der Waals surface area contributed by atoms with Crippen molar-refractivity contribution in [3.63, 3.8) is 0 Å². The van der Waals surface area contributed by atoms with Gasteiger partial charge in [-0.3, -0.25) is 34.2 Å². The molecule has 0 aromatic heterocycles. The second-order valence-corrected chi connectivity index (χ2v) is 9.49. The molecule has 4 rings (SSSR count). The van der Waals surface area contributed by atoms with Crippen molar-refractivity contribution in [1.82, 2.24) is 10.2 Å². The number of imide groups is 2. The molecule has 3 N–H and O–H groups in total. The summed E-state index contributed by atoms with van der Waals surface area (Å²) in [4.78, 5) is 61.7. The number of hydrogen-bond acceptors (Lipinski definition) is 10. The topological polar surface area (TPSA) is 162 Å². The van der Waals surface area contributed by atoms with Crippen LogP contribution in [-0.2, 0) is 28.6 Å². The molecule has 13 heteroatoms. The van der Waals surface area contributed by atoms with E-state index in [2.05, 4.69) is 16.0 Å². The zero-order valence-corrected chi connectivity index (χ0v) is 23.3. The number of hydrogen-bond donors (Lipinski definition) is 3. The number of fused-ring (bicyclic) bond motifs is 1. The first kappa shape index (κ1) is 30.6. The van der Waals surface area contributed by atoms with Crippen LogP contribution in [0.4, 0.5) is 11.4 Å². The van der Waals surface area contributed by atoms with E-state index in [1.165, 1.54) is 6.92 Å². The number of anilines is 2. The molecule has 0 aliphatic carbocycles. The fraction of sp³-hybridized carbons (Fsp3) is 0.414. The van der Waals surface area contributed by atoms with Crippen LogP contribution >= 0.6 is 0 Å². The molecule has 13 nitrogen and oxygen atoms in total. The van der Waals surface area contributed by atoms with Crippen molar-refractivity contribution in [2.75, 3.05) is 63.4 Å². The Morgan fingerprint density at radius 1 is 0.881 bits per heavy atom. The summed E-state index contributed by atoms with van der Waals surface area (Å²) >= 11 is 0. The van der Waals surface area contributed by atoms with Crippen LogP contribution in [0.3, 0.4) is 0 Å². The van der Waals surface area contributed by atoms with Crippen LogP contribution in [0.25, 0.3) is 0 Å². The Bertz CT molecular complexity index is 1300. The SMILES string of the molecule is CC(=O)Nc1ccc(OCCOCCOCCOCCNc2cccc3c2C(=O)N(C2CCC(=O)NC2=O)C3=O)cc1. The number of rotatable bonds is 16. The minimum Gasteiger partial charge on any atom is -0.491 e. The molecule has 1 saturated heterocycles. The lowest BCUT2D eigenvalue weighted by atomic mass is 10.0. The van der Waals surface area contributed by atoms with Crippen molar-refractivity contribution >= 4 is 40.9 Å². The number of nitrogens with zero attached hydrogens (tertiary/aromatic N) is 1. The van der Waals surface area contributed by atoms with Crippen LogP contribution in [0, 0.1) is 0 Å². The molecular formula is C29H34N4O9. The summed E-state index contributed by atoms with van der Waals surface area (Å²) in [6, 6.07) is 11.0. The summed E-state index contributed by atoms with van der Waals surface area (Å²) in [5, 5.41) is 8.00. The van der Waals surface area contributed by atoms with Gasteiger partial charge in [0.2, 0.25) is 17.7 Å². The second-order valence-electron chi connectivity index (χ2n) is 9.49. The third kappa shape index (κ3) is 8.12. The molecule has 2 aromatic carbocycles. The highest BCUT2D eigenvalue weighted by molar-refractivity contribution is 6.25. The van der Waals surface area contributed by atoms with E-state index in [1.807, 2.05) is 0 Å². The molecular weight excluding hydrogens is 548 g/mol. The zero-order valence-electron chi connectivity index (χ0n) is 23.3. The van der Waals surface area contributed by atoms with Gasteiger partial charge in [0, 0.05) is 31.3 Å². The maximum atomic E-state index is 13.1. The summed E-state index contributed by atoms with van der Waals surface area (Å²) in [7, 11) is 0. The van der Waals surface area contributed by atoms with Gasteiger partial charge in [0.05, 0.1) is 50.8 Å². The predicted octanol–water partition coefficient (Wildman–Crippen LogP) is 1.59. The number of ether oxygens (including phenoxy) is 4. The van der Waals surface area contributed by atoms with Crippen molar-refractivity contribution < 1.29 is 42.9 Å². The van der Waals surface area contributed by atoms with Gasteiger partial charge in [0.25, 0.3) is 11.8 Å². The van der Waals surface area contributed by atoms with Gasteiger partial charge >= 0.3 is 0 Å². The molecule has 0 radical (unpaired) electrons. The molecule has 224 valence electrons. The van der Waals surface area contributed by atoms with Gasteiger partial charge in [-0.15, -0.1) is 0 Å². The Balaban J connectivity index is 1.05. The monoisotopic (exact) mass is 582 g/mol. The minimum absolute atomic E-state index is 0.0666. The van der Waals surface area contributed by atoms with Crippen LogP contribution < -0.4 is 20.7 Å². The second kappa shape index (κ2) is 15.1. The van der Waals surface area contributed by atoms with Gasteiger partial charge in [-0.1, -0.05) is 6.07 Å². The van der Waals surface area contributed by atoms with E-state index in [9.17, 15) is 24.0 Å². The average Bonchev–Trinajstić information content (AvgIpc) is 3.22. The van der Waals surface area contributed by atoms with Crippen LogP contribution in [0.5, 0.6) is 5.75 Å². The number of carbonyl (C=O) groups is 5. The fourth-order valence-corrected chi connectivity index (χ4v) is 4.52. The molecule has 1 atom stereocenters. The minimum atomic E-state index is -1.01. The molecule has 0 bridgehead atoms. The molecule has 2 aliphatic rings. The zero-order chi connectivity index (χ0) is 29.9. The van der Waals surface area contributed by atoms with E-state index < -0.39 is 29.7 Å². The number of nitrogens with one attached hydrogen (secondary N) is 3. The van der Waals surface area contributed by atoms with Crippen LogP contribution in [-0.4, -0.2) is 93.3 Å². The average molecular weight is 583 g/mol. The lowest BCUT2D eigenvalue weighted by Crippen LogP contribution is -2.54. The van der Waals surface area contributed by atoms with Crippen molar-refractivity contribution in [1.29, 1.82) is 0 Å². The van der Waals surface area contributed by atoms with E-state index in [0.29, 0.717) is 69.9 Å². The van der Waals surface area contributed by atoms with Crippen molar-refractivity contribution in [2.45, 2.75) is 25.8 Å². The number of amides is 5. The van der Waals surface area contributed by atoms with Crippen LogP contribution in [0.15, 0.2) is 42.5 Å². The van der Waals surface area contributed by atoms with E-state index in [1.54, 1.807) is 42.5 Å². The molecule has 2 heterocycles. The van der Waals surface area contributed by atoms with E-state index in [-0.39, 0.29) is 29.9 Å². The molecule has 42 heavy (non-hydrogen) atoms. The normalized spacial score (nSPS) is 16.3. The molecule has 0 saturated carbocycles. The highest BCUT2D eigenvalue weighted by Crippen LogP contribution is 2.32. The Morgan fingerprint density at radius 3 is 2.21 bits per heavy atom. The number of piperidine rings is 1. The summed E-state index contributed by atoms with van der Waals surface area (Å²) in [6.45, 7) is 4.53. The van der Waals surface area contributed by atoms with Gasteiger partial charge < -0.3 is 29.6 Å². The molecule has 5 amide bonds. The first-order valence-corrected chi connectivity index (χ1v) is 13.7. The van der Waals surface area contributed by atoms with E-state index >= 15 is 0 Å². The summed E-state index contributed by atoms with van der Waals surface area (Å²) < 4.78 is 22.1. The molecule has 0 spiro atoms. The van der Waals surface area contributed by atoms with Crippen molar-refractivity contribution in [3.8, 4) is 5.75 Å². The van der Waals surface area contributed by atoms with Crippen LogP contribution in [0.1, 0.15) is 40.5 Å². The van der Waals surface area contributed by atoms with Gasteiger partial charge in [0.1, 0.15) is 18.4 Å². The Hall–Kier alpha value is -4.33. The van der Waals surface area contributed by atoms with Gasteiger partial charge in [0.15, 0.2) is 0 Å². The third-order valence-corrected chi connectivity index (χ3v) is 6.45. The highest BCUT2D eigenvalue weighted by Gasteiger charge is 2.45. The Morgan fingerprint density at radius 2 is 1.55 bits per heavy atom. The van der Waals surface area contributed by atoms with E-state index in [4.69, 9.17) is 18.9 Å². The van der Waals surface area contributed by atoms with Gasteiger partial charge in [-0.25, -0.2) is 0 Å². The van der Waals surface area contributed by atoms with Crippen molar-refractivity contribution in [3.05, 3.63) is 53.6 Å². The smallest absolute Gasteiger partial charge is 0.264 e. The lowest BCUT2D eigenvalue weighted by Gasteiger charge is -2.27. The molecule has 1 fully saturated rings. The van der Waals surface area contributed by atoms with Gasteiger partial charge in [-0.2, -0.15) is 0 Å². The standard InChI is InChI=1S/C29H34N4O9/c1-19(34)31-20-5-7-21(8-6-20)42-18-17-41-16-15-40-14-13-39-12-11-30-23-4-2-3-22-26(23)29(38)33(28(22)37)24-9-10-25(35)32-27(24)36/h2-8,24,30H,9-18H2,1H3,(H,31,34)(H,32,35,36). The first-order chi connectivity index (χ1) is 20.3. The summed E-state index contributed by atoms with van der Waals surface area (Å²) in [6.07, 6.45) is 0.171. The quantitative estimate of drug-likeness (QED) is 0.196. The predicted molar refractivity (Wildman–Crippen MR) is 150 cm³/mol.